The molecule has 0 saturated carbocycles. The molecule has 1 atom stereocenters. The maximum atomic E-state index is 10.9. The van der Waals surface area contributed by atoms with Gasteiger partial charge in [-0.05, 0) is 27.5 Å². The van der Waals surface area contributed by atoms with Crippen LogP contribution < -0.4 is 5.73 Å². The third-order valence-corrected chi connectivity index (χ3v) is 3.33. The normalized spacial score (nSPS) is 12.5. The van der Waals surface area contributed by atoms with E-state index in [1.54, 1.807) is 6.20 Å². The second-order valence-electron chi connectivity index (χ2n) is 2.42. The average Bonchev–Trinajstić information content (AvgIpc) is 2.51. The summed E-state index contributed by atoms with van der Waals surface area (Å²) >= 11 is 4.57. The lowest BCUT2D eigenvalue weighted by Gasteiger charge is -2.07. The van der Waals surface area contributed by atoms with Crippen molar-refractivity contribution in [3.05, 3.63) is 15.5 Å². The molecule has 0 saturated heterocycles. The Bertz CT molecular complexity index is 302. The Morgan fingerprint density at radius 1 is 1.92 bits per heavy atom. The Morgan fingerprint density at radius 3 is 3.08 bits per heavy atom. The summed E-state index contributed by atoms with van der Waals surface area (Å²) in [7, 11) is 1.34. The number of nitrogens with zero attached hydrogens (tertiary/aromatic N) is 1. The maximum absolute atomic E-state index is 10.9. The molecule has 1 aromatic rings. The van der Waals surface area contributed by atoms with Crippen molar-refractivity contribution in [3.63, 3.8) is 0 Å². The Morgan fingerprint density at radius 2 is 2.62 bits per heavy atom. The summed E-state index contributed by atoms with van der Waals surface area (Å²) in [6, 6.07) is -0.339. The van der Waals surface area contributed by atoms with E-state index in [0.717, 1.165) is 9.35 Å². The van der Waals surface area contributed by atoms with Gasteiger partial charge in [0.15, 0.2) is 0 Å². The van der Waals surface area contributed by atoms with Crippen LogP contribution in [0.4, 0.5) is 0 Å². The van der Waals surface area contributed by atoms with E-state index in [1.165, 1.54) is 18.6 Å². The van der Waals surface area contributed by atoms with Gasteiger partial charge >= 0.3 is 5.97 Å². The first-order chi connectivity index (χ1) is 6.15. The number of rotatable bonds is 3. The summed E-state index contributed by atoms with van der Waals surface area (Å²) in [6.45, 7) is 0. The van der Waals surface area contributed by atoms with Crippen molar-refractivity contribution in [1.82, 2.24) is 4.37 Å². The van der Waals surface area contributed by atoms with Crippen molar-refractivity contribution >= 4 is 33.4 Å². The molecule has 1 unspecified atom stereocenters. The lowest BCUT2D eigenvalue weighted by atomic mass is 10.2. The summed E-state index contributed by atoms with van der Waals surface area (Å²) in [4.78, 5) is 11.8. The number of halogens is 1. The van der Waals surface area contributed by atoms with E-state index in [4.69, 9.17) is 5.73 Å². The third kappa shape index (κ3) is 2.75. The van der Waals surface area contributed by atoms with Crippen LogP contribution in [0.3, 0.4) is 0 Å². The summed E-state index contributed by atoms with van der Waals surface area (Å²) < 4.78 is 9.29. The first kappa shape index (κ1) is 10.6. The number of esters is 1. The Labute approximate surface area is 88.4 Å². The van der Waals surface area contributed by atoms with Crippen LogP contribution in [0.1, 0.15) is 17.3 Å². The molecule has 0 aliphatic carbocycles. The highest BCUT2D eigenvalue weighted by molar-refractivity contribution is 9.10. The van der Waals surface area contributed by atoms with Gasteiger partial charge in [0.2, 0.25) is 0 Å². The van der Waals surface area contributed by atoms with Gasteiger partial charge in [-0.15, -0.1) is 0 Å². The van der Waals surface area contributed by atoms with Gasteiger partial charge in [-0.2, -0.15) is 4.37 Å². The van der Waals surface area contributed by atoms with Crippen LogP contribution in [0.5, 0.6) is 0 Å². The summed E-state index contributed by atoms with van der Waals surface area (Å²) in [6.07, 6.45) is 1.84. The van der Waals surface area contributed by atoms with E-state index >= 15 is 0 Å². The van der Waals surface area contributed by atoms with Gasteiger partial charge < -0.3 is 10.5 Å². The highest BCUT2D eigenvalue weighted by Crippen LogP contribution is 2.27. The molecule has 2 N–H and O–H groups in total. The number of hydrogen-bond donors (Lipinski definition) is 1. The van der Waals surface area contributed by atoms with Gasteiger partial charge in [-0.1, -0.05) is 0 Å². The number of ether oxygens (including phenoxy) is 1. The molecule has 4 nitrogen and oxygen atoms in total. The monoisotopic (exact) mass is 264 g/mol. The molecule has 1 rings (SSSR count). The molecule has 0 aliphatic heterocycles. The second kappa shape index (κ2) is 4.69. The summed E-state index contributed by atoms with van der Waals surface area (Å²) in [5, 5.41) is 0. The van der Waals surface area contributed by atoms with Gasteiger partial charge in [0, 0.05) is 0 Å². The van der Waals surface area contributed by atoms with Gasteiger partial charge in [0.05, 0.1) is 35.1 Å². The zero-order chi connectivity index (χ0) is 9.84. The average molecular weight is 265 g/mol. The first-order valence-electron chi connectivity index (χ1n) is 3.57. The van der Waals surface area contributed by atoms with Crippen molar-refractivity contribution in [2.45, 2.75) is 12.5 Å². The zero-order valence-corrected chi connectivity index (χ0v) is 9.39. The van der Waals surface area contributed by atoms with E-state index in [9.17, 15) is 4.79 Å². The van der Waals surface area contributed by atoms with Crippen LogP contribution in [0.15, 0.2) is 10.7 Å². The van der Waals surface area contributed by atoms with E-state index in [2.05, 4.69) is 25.0 Å². The van der Waals surface area contributed by atoms with E-state index < -0.39 is 0 Å². The van der Waals surface area contributed by atoms with Crippen LogP contribution in [0, 0.1) is 0 Å². The van der Waals surface area contributed by atoms with Gasteiger partial charge in [0.25, 0.3) is 0 Å². The van der Waals surface area contributed by atoms with Crippen molar-refractivity contribution in [1.29, 1.82) is 0 Å². The lowest BCUT2D eigenvalue weighted by Crippen LogP contribution is -2.15. The van der Waals surface area contributed by atoms with Gasteiger partial charge in [0.1, 0.15) is 0 Å². The molecule has 1 aromatic heterocycles. The molecule has 13 heavy (non-hydrogen) atoms. The van der Waals surface area contributed by atoms with Crippen LogP contribution in [0.25, 0.3) is 0 Å². The fourth-order valence-corrected chi connectivity index (χ4v) is 2.22. The minimum absolute atomic E-state index is 0.178. The van der Waals surface area contributed by atoms with Crippen LogP contribution in [-0.4, -0.2) is 17.5 Å². The number of carbonyl (C=O) groups excluding carboxylic acids is 1. The summed E-state index contributed by atoms with van der Waals surface area (Å²) in [5.41, 5.74) is 5.76. The number of hydrogen-bond acceptors (Lipinski definition) is 5. The fraction of sp³-hybridized carbons (Fsp3) is 0.429. The molecule has 72 valence electrons. The van der Waals surface area contributed by atoms with E-state index in [-0.39, 0.29) is 18.4 Å². The first-order valence-corrected chi connectivity index (χ1v) is 5.14. The van der Waals surface area contributed by atoms with Crippen molar-refractivity contribution in [3.8, 4) is 0 Å². The molecule has 1 heterocycles. The summed E-state index contributed by atoms with van der Waals surface area (Å²) in [5.74, 6) is -0.312. The molecule has 0 fully saturated rings. The van der Waals surface area contributed by atoms with Crippen molar-refractivity contribution < 1.29 is 9.53 Å². The highest BCUT2D eigenvalue weighted by Gasteiger charge is 2.16. The topological polar surface area (TPSA) is 65.2 Å². The molecule has 0 radical (unpaired) electrons. The highest BCUT2D eigenvalue weighted by atomic mass is 79.9. The molecule has 0 aromatic carbocycles. The Kier molecular flexibility index (Phi) is 3.83. The third-order valence-electron chi connectivity index (χ3n) is 1.50. The van der Waals surface area contributed by atoms with Crippen LogP contribution in [-0.2, 0) is 9.53 Å². The van der Waals surface area contributed by atoms with Crippen molar-refractivity contribution in [2.75, 3.05) is 7.11 Å². The standard InChI is InChI=1S/C7H9BrN2O2S/c1-12-6(11)2-5(9)7-4(8)3-10-13-7/h3,5H,2,9H2,1H3. The predicted octanol–water partition coefficient (Wildman–Crippen LogP) is 1.47. The molecular weight excluding hydrogens is 256 g/mol. The Balaban J connectivity index is 2.63. The second-order valence-corrected chi connectivity index (χ2v) is 4.11. The largest absolute Gasteiger partial charge is 0.469 e. The Hall–Kier alpha value is -0.460. The van der Waals surface area contributed by atoms with E-state index in [1.807, 2.05) is 0 Å². The fourth-order valence-electron chi connectivity index (χ4n) is 0.837. The number of methoxy groups -OCH3 is 1. The quantitative estimate of drug-likeness (QED) is 0.840. The molecule has 0 bridgehead atoms. The molecule has 0 amide bonds. The van der Waals surface area contributed by atoms with Crippen LogP contribution in [0.2, 0.25) is 0 Å². The molecule has 0 spiro atoms. The minimum Gasteiger partial charge on any atom is -0.469 e. The smallest absolute Gasteiger partial charge is 0.307 e. The molecule has 0 aliphatic rings. The van der Waals surface area contributed by atoms with Crippen LogP contribution >= 0.6 is 27.5 Å². The van der Waals surface area contributed by atoms with Gasteiger partial charge in [-0.3, -0.25) is 4.79 Å². The van der Waals surface area contributed by atoms with E-state index in [0.29, 0.717) is 0 Å². The zero-order valence-electron chi connectivity index (χ0n) is 6.99. The van der Waals surface area contributed by atoms with Crippen molar-refractivity contribution in [2.24, 2.45) is 5.73 Å². The lowest BCUT2D eigenvalue weighted by molar-refractivity contribution is -0.141. The minimum atomic E-state index is -0.339. The predicted molar refractivity (Wildman–Crippen MR) is 53.4 cm³/mol. The van der Waals surface area contributed by atoms with Gasteiger partial charge in [-0.25, -0.2) is 0 Å². The molecular formula is C7H9BrN2O2S. The molecule has 6 heteroatoms. The SMILES string of the molecule is COC(=O)CC(N)c1sncc1Br. The number of nitrogens with two attached hydrogens (primary N) is 1. The maximum Gasteiger partial charge on any atom is 0.307 e. The number of carbonyl (C=O) groups is 1. The number of aromatic nitrogens is 1.